The first-order valence-electron chi connectivity index (χ1n) is 12.8. The summed E-state index contributed by atoms with van der Waals surface area (Å²) in [6, 6.07) is 26.0. The summed E-state index contributed by atoms with van der Waals surface area (Å²) < 4.78 is 5.97. The molecule has 1 aromatic heterocycles. The van der Waals surface area contributed by atoms with Crippen molar-refractivity contribution in [2.45, 2.75) is 38.6 Å². The second-order valence-corrected chi connectivity index (χ2v) is 9.81. The van der Waals surface area contributed by atoms with Crippen molar-refractivity contribution in [3.8, 4) is 16.9 Å². The Balaban J connectivity index is 1.40. The Labute approximate surface area is 227 Å². The van der Waals surface area contributed by atoms with E-state index in [0.29, 0.717) is 38.0 Å². The average Bonchev–Trinajstić information content (AvgIpc) is 3.50. The predicted molar refractivity (Wildman–Crippen MR) is 151 cm³/mol. The molecule has 3 N–H and O–H groups in total. The van der Waals surface area contributed by atoms with Crippen LogP contribution >= 0.6 is 11.3 Å². The Bertz CT molecular complexity index is 1320. The first-order chi connectivity index (χ1) is 18.6. The molecule has 2 amide bonds. The maximum absolute atomic E-state index is 13.3. The molecule has 4 rings (SSSR count). The van der Waals surface area contributed by atoms with Crippen molar-refractivity contribution in [3.05, 3.63) is 112 Å². The summed E-state index contributed by atoms with van der Waals surface area (Å²) >= 11 is 1.66. The summed E-state index contributed by atoms with van der Waals surface area (Å²) in [6.07, 6.45) is 3.25. The minimum atomic E-state index is -0.375. The molecule has 0 radical (unpaired) electrons. The summed E-state index contributed by atoms with van der Waals surface area (Å²) in [6.45, 7) is 0.861. The predicted octanol–water partition coefficient (Wildman–Crippen LogP) is 6.38. The zero-order valence-corrected chi connectivity index (χ0v) is 22.0. The Kier molecular flexibility index (Phi) is 10.1. The SMILES string of the molecule is O=C(CCCCCOc1ccccc1CNC(=O)c1ccc(-c2ccsc2)cc1Cc1ccccc1)NO. The highest BCUT2D eigenvalue weighted by atomic mass is 32.1. The molecule has 0 atom stereocenters. The summed E-state index contributed by atoms with van der Waals surface area (Å²) in [5.74, 6) is 0.239. The van der Waals surface area contributed by atoms with Crippen molar-refractivity contribution >= 4 is 23.2 Å². The Morgan fingerprint density at radius 3 is 2.45 bits per heavy atom. The van der Waals surface area contributed by atoms with Gasteiger partial charge < -0.3 is 10.1 Å². The highest BCUT2D eigenvalue weighted by Crippen LogP contribution is 2.27. The fourth-order valence-corrected chi connectivity index (χ4v) is 4.91. The van der Waals surface area contributed by atoms with Crippen LogP contribution in [0.5, 0.6) is 5.75 Å². The number of para-hydroxylation sites is 1. The Morgan fingerprint density at radius 2 is 1.66 bits per heavy atom. The molecule has 1 heterocycles. The molecule has 196 valence electrons. The van der Waals surface area contributed by atoms with Crippen LogP contribution in [-0.2, 0) is 17.8 Å². The van der Waals surface area contributed by atoms with Crippen molar-refractivity contribution in [3.63, 3.8) is 0 Å². The van der Waals surface area contributed by atoms with Crippen LogP contribution in [0, 0.1) is 0 Å². The summed E-state index contributed by atoms with van der Waals surface area (Å²) in [5, 5.41) is 15.8. The van der Waals surface area contributed by atoms with Crippen molar-refractivity contribution in [1.29, 1.82) is 0 Å². The molecule has 0 aliphatic heterocycles. The van der Waals surface area contributed by atoms with Gasteiger partial charge in [0.2, 0.25) is 5.91 Å². The van der Waals surface area contributed by atoms with Crippen molar-refractivity contribution in [2.75, 3.05) is 6.61 Å². The van der Waals surface area contributed by atoms with Gasteiger partial charge in [-0.1, -0.05) is 54.6 Å². The number of rotatable bonds is 13. The van der Waals surface area contributed by atoms with Gasteiger partial charge in [-0.25, -0.2) is 5.48 Å². The normalized spacial score (nSPS) is 10.7. The van der Waals surface area contributed by atoms with Crippen LogP contribution in [0.4, 0.5) is 0 Å². The first-order valence-corrected chi connectivity index (χ1v) is 13.7. The third kappa shape index (κ3) is 7.78. The third-order valence-corrected chi connectivity index (χ3v) is 6.97. The van der Waals surface area contributed by atoms with Crippen LogP contribution in [0.2, 0.25) is 0 Å². The Hall–Kier alpha value is -3.94. The number of carbonyl (C=O) groups excluding carboxylic acids is 2. The molecule has 0 saturated heterocycles. The van der Waals surface area contributed by atoms with E-state index in [4.69, 9.17) is 9.94 Å². The van der Waals surface area contributed by atoms with Gasteiger partial charge in [0.05, 0.1) is 6.61 Å². The average molecular weight is 529 g/mol. The van der Waals surface area contributed by atoms with Crippen LogP contribution in [0.25, 0.3) is 11.1 Å². The lowest BCUT2D eigenvalue weighted by Crippen LogP contribution is -2.24. The van der Waals surface area contributed by atoms with E-state index in [-0.39, 0.29) is 11.8 Å². The lowest BCUT2D eigenvalue weighted by atomic mass is 9.95. The molecule has 3 aromatic carbocycles. The van der Waals surface area contributed by atoms with Crippen LogP contribution < -0.4 is 15.5 Å². The van der Waals surface area contributed by atoms with Gasteiger partial charge in [0.25, 0.3) is 5.91 Å². The number of hydrogen-bond acceptors (Lipinski definition) is 5. The topological polar surface area (TPSA) is 87.7 Å². The Morgan fingerprint density at radius 1 is 0.842 bits per heavy atom. The number of thiophene rings is 1. The van der Waals surface area contributed by atoms with Crippen LogP contribution in [0.15, 0.2) is 89.6 Å². The van der Waals surface area contributed by atoms with Crippen molar-refractivity contribution in [2.24, 2.45) is 0 Å². The van der Waals surface area contributed by atoms with Crippen LogP contribution in [0.3, 0.4) is 0 Å². The van der Waals surface area contributed by atoms with Gasteiger partial charge in [0.1, 0.15) is 5.75 Å². The van der Waals surface area contributed by atoms with E-state index in [1.165, 1.54) is 0 Å². The zero-order valence-electron chi connectivity index (χ0n) is 21.2. The molecule has 0 aliphatic rings. The third-order valence-electron chi connectivity index (χ3n) is 6.28. The van der Waals surface area contributed by atoms with Crippen LogP contribution in [0.1, 0.15) is 52.7 Å². The molecule has 38 heavy (non-hydrogen) atoms. The van der Waals surface area contributed by atoms with E-state index in [1.807, 2.05) is 54.6 Å². The lowest BCUT2D eigenvalue weighted by molar-refractivity contribution is -0.129. The molecule has 0 bridgehead atoms. The largest absolute Gasteiger partial charge is 0.493 e. The van der Waals surface area contributed by atoms with E-state index in [1.54, 1.807) is 16.8 Å². The molecule has 6 nitrogen and oxygen atoms in total. The number of unbranched alkanes of at least 4 members (excludes halogenated alkanes) is 2. The number of carbonyl (C=O) groups is 2. The molecule has 4 aromatic rings. The van der Waals surface area contributed by atoms with Gasteiger partial charge in [-0.15, -0.1) is 0 Å². The standard InChI is InChI=1S/C31H32N2O4S/c34-30(33-36)13-5-2-8-17-37-29-12-7-6-11-25(29)21-32-31(35)28-15-14-24(26-16-18-38-22-26)20-27(28)19-23-9-3-1-4-10-23/h1,3-4,6-7,9-12,14-16,18,20,22,36H,2,5,8,13,17,19,21H2,(H,32,35)(H,33,34). The number of ether oxygens (including phenoxy) is 1. The monoisotopic (exact) mass is 528 g/mol. The summed E-state index contributed by atoms with van der Waals surface area (Å²) in [4.78, 5) is 24.4. The smallest absolute Gasteiger partial charge is 0.251 e. The number of amides is 2. The molecule has 0 spiro atoms. The second kappa shape index (κ2) is 14.1. The summed E-state index contributed by atoms with van der Waals surface area (Å²) in [7, 11) is 0. The number of nitrogens with one attached hydrogen (secondary N) is 2. The minimum absolute atomic E-state index is 0.121. The van der Waals surface area contributed by atoms with E-state index in [2.05, 4.69) is 40.3 Å². The second-order valence-electron chi connectivity index (χ2n) is 9.03. The van der Waals surface area contributed by atoms with Crippen molar-refractivity contribution in [1.82, 2.24) is 10.8 Å². The van der Waals surface area contributed by atoms with Crippen LogP contribution in [-0.4, -0.2) is 23.6 Å². The highest BCUT2D eigenvalue weighted by Gasteiger charge is 2.15. The zero-order chi connectivity index (χ0) is 26.6. The maximum Gasteiger partial charge on any atom is 0.251 e. The highest BCUT2D eigenvalue weighted by molar-refractivity contribution is 7.08. The van der Waals surface area contributed by atoms with Crippen molar-refractivity contribution < 1.29 is 19.5 Å². The molecular formula is C31H32N2O4S. The molecular weight excluding hydrogens is 496 g/mol. The molecule has 0 aliphatic carbocycles. The fraction of sp³-hybridized carbons (Fsp3) is 0.226. The van der Waals surface area contributed by atoms with Gasteiger partial charge in [0.15, 0.2) is 0 Å². The van der Waals surface area contributed by atoms with Gasteiger partial charge in [0, 0.05) is 24.1 Å². The maximum atomic E-state index is 13.3. The molecule has 7 heteroatoms. The molecule has 0 unspecified atom stereocenters. The van der Waals surface area contributed by atoms with Gasteiger partial charge in [-0.3, -0.25) is 14.8 Å². The first kappa shape index (κ1) is 27.1. The number of benzene rings is 3. The van der Waals surface area contributed by atoms with Gasteiger partial charge >= 0.3 is 0 Å². The lowest BCUT2D eigenvalue weighted by Gasteiger charge is -2.15. The minimum Gasteiger partial charge on any atom is -0.493 e. The van der Waals surface area contributed by atoms with Gasteiger partial charge in [-0.2, -0.15) is 11.3 Å². The van der Waals surface area contributed by atoms with E-state index >= 15 is 0 Å². The molecule has 0 fully saturated rings. The quantitative estimate of drug-likeness (QED) is 0.107. The fourth-order valence-electron chi connectivity index (χ4n) is 4.25. The van der Waals surface area contributed by atoms with E-state index in [9.17, 15) is 9.59 Å². The van der Waals surface area contributed by atoms with Gasteiger partial charge in [-0.05, 0) is 83.0 Å². The molecule has 0 saturated carbocycles. The summed E-state index contributed by atoms with van der Waals surface area (Å²) in [5.41, 5.74) is 7.60. The van der Waals surface area contributed by atoms with E-state index in [0.717, 1.165) is 46.4 Å². The van der Waals surface area contributed by atoms with E-state index < -0.39 is 0 Å². The number of hydroxylamine groups is 1. The number of hydrogen-bond donors (Lipinski definition) is 3.